The molecule has 0 unspecified atom stereocenters. The summed E-state index contributed by atoms with van der Waals surface area (Å²) in [7, 11) is 0. The topological polar surface area (TPSA) is 123 Å². The highest BCUT2D eigenvalue weighted by molar-refractivity contribution is 7.17. The number of fused-ring (bicyclic) bond motifs is 1. The summed E-state index contributed by atoms with van der Waals surface area (Å²) in [4.78, 5) is 37.4. The Morgan fingerprint density at radius 2 is 1.76 bits per heavy atom. The van der Waals surface area contributed by atoms with Crippen LogP contribution in [0.25, 0.3) is 26.9 Å². The molecule has 0 aliphatic rings. The number of nitrogens with one attached hydrogen (secondary N) is 2. The molecule has 0 amide bonds. The van der Waals surface area contributed by atoms with Crippen LogP contribution in [0.2, 0.25) is 10.0 Å². The van der Waals surface area contributed by atoms with E-state index in [-0.39, 0.29) is 27.4 Å². The SMILES string of the molecule is O=c1cc(-c2ccc3sccc3c2)c(Oc2c(Cl)cc(-n3ncc(=O)[nH]c3=O)cc2Cl)n[nH]1. The quantitative estimate of drug-likeness (QED) is 0.385. The normalized spacial score (nSPS) is 11.1. The molecule has 3 aromatic heterocycles. The molecule has 0 saturated carbocycles. The number of benzene rings is 2. The molecule has 0 atom stereocenters. The van der Waals surface area contributed by atoms with E-state index in [4.69, 9.17) is 27.9 Å². The fraction of sp³-hybridized carbons (Fsp3) is 0. The molecule has 3 heterocycles. The first-order chi connectivity index (χ1) is 15.9. The highest BCUT2D eigenvalue weighted by Gasteiger charge is 2.17. The Kier molecular flexibility index (Phi) is 5.33. The molecule has 2 aromatic carbocycles. The number of rotatable bonds is 4. The third-order valence-corrected chi connectivity index (χ3v) is 6.14. The van der Waals surface area contributed by atoms with Gasteiger partial charge in [-0.15, -0.1) is 16.4 Å². The highest BCUT2D eigenvalue weighted by Crippen LogP contribution is 2.40. The Bertz CT molecular complexity index is 1680. The van der Waals surface area contributed by atoms with Crippen LogP contribution in [0.4, 0.5) is 0 Å². The van der Waals surface area contributed by atoms with Gasteiger partial charge in [-0.25, -0.2) is 9.89 Å². The van der Waals surface area contributed by atoms with Crippen molar-refractivity contribution < 1.29 is 4.74 Å². The number of hydrogen-bond acceptors (Lipinski definition) is 7. The van der Waals surface area contributed by atoms with E-state index in [1.165, 1.54) is 18.2 Å². The Hall–Kier alpha value is -3.73. The molecule has 164 valence electrons. The van der Waals surface area contributed by atoms with E-state index in [0.717, 1.165) is 26.5 Å². The van der Waals surface area contributed by atoms with E-state index in [0.29, 0.717) is 5.56 Å². The Morgan fingerprint density at radius 1 is 0.970 bits per heavy atom. The van der Waals surface area contributed by atoms with Crippen molar-refractivity contribution in [1.29, 1.82) is 0 Å². The lowest BCUT2D eigenvalue weighted by molar-refractivity contribution is 0.456. The van der Waals surface area contributed by atoms with Gasteiger partial charge in [-0.1, -0.05) is 29.3 Å². The molecule has 0 radical (unpaired) electrons. The van der Waals surface area contributed by atoms with Crippen molar-refractivity contribution in [1.82, 2.24) is 25.0 Å². The lowest BCUT2D eigenvalue weighted by Gasteiger charge is -2.13. The van der Waals surface area contributed by atoms with Gasteiger partial charge >= 0.3 is 5.69 Å². The monoisotopic (exact) mass is 499 g/mol. The summed E-state index contributed by atoms with van der Waals surface area (Å²) < 4.78 is 7.94. The average Bonchev–Trinajstić information content (AvgIpc) is 3.25. The van der Waals surface area contributed by atoms with Crippen LogP contribution in [0.15, 0.2) is 68.4 Å². The summed E-state index contributed by atoms with van der Waals surface area (Å²) >= 11 is 14.4. The van der Waals surface area contributed by atoms with Crippen LogP contribution in [-0.2, 0) is 0 Å². The molecular weight excluding hydrogens is 489 g/mol. The Labute approximate surface area is 197 Å². The summed E-state index contributed by atoms with van der Waals surface area (Å²) in [6.45, 7) is 0. The fourth-order valence-electron chi connectivity index (χ4n) is 3.21. The molecule has 0 spiro atoms. The van der Waals surface area contributed by atoms with Gasteiger partial charge in [-0.3, -0.25) is 14.6 Å². The molecule has 0 aliphatic heterocycles. The average molecular weight is 500 g/mol. The molecular formula is C21H11Cl2N5O4S. The summed E-state index contributed by atoms with van der Waals surface area (Å²) in [6.07, 6.45) is 0.953. The first-order valence-corrected chi connectivity index (χ1v) is 11.0. The number of halogens is 2. The first kappa shape index (κ1) is 21.1. The Morgan fingerprint density at radius 3 is 2.52 bits per heavy atom. The minimum absolute atomic E-state index is 0.0598. The largest absolute Gasteiger partial charge is 0.434 e. The maximum atomic E-state index is 12.0. The van der Waals surface area contributed by atoms with Gasteiger partial charge in [0.25, 0.3) is 11.1 Å². The van der Waals surface area contributed by atoms with E-state index in [1.807, 2.05) is 29.6 Å². The number of H-pyrrole nitrogens is 2. The summed E-state index contributed by atoms with van der Waals surface area (Å²) in [5, 5.41) is 13.3. The van der Waals surface area contributed by atoms with E-state index >= 15 is 0 Å². The molecule has 5 aromatic rings. The van der Waals surface area contributed by atoms with Crippen LogP contribution >= 0.6 is 34.5 Å². The summed E-state index contributed by atoms with van der Waals surface area (Å²) in [6, 6.07) is 11.9. The molecule has 2 N–H and O–H groups in total. The van der Waals surface area contributed by atoms with Crippen LogP contribution < -0.4 is 21.5 Å². The molecule has 12 heteroatoms. The second-order valence-electron chi connectivity index (χ2n) is 6.82. The second kappa shape index (κ2) is 8.32. The van der Waals surface area contributed by atoms with E-state index in [2.05, 4.69) is 20.3 Å². The predicted octanol–water partition coefficient (Wildman–Crippen LogP) is 3.98. The molecule has 33 heavy (non-hydrogen) atoms. The van der Waals surface area contributed by atoms with E-state index < -0.39 is 16.8 Å². The lowest BCUT2D eigenvalue weighted by atomic mass is 10.1. The molecule has 5 rings (SSSR count). The van der Waals surface area contributed by atoms with Gasteiger partial charge in [0.05, 0.1) is 21.3 Å². The van der Waals surface area contributed by atoms with Gasteiger partial charge in [0.2, 0.25) is 5.88 Å². The predicted molar refractivity (Wildman–Crippen MR) is 126 cm³/mol. The van der Waals surface area contributed by atoms with Gasteiger partial charge in [-0.2, -0.15) is 9.78 Å². The van der Waals surface area contributed by atoms with Crippen molar-refractivity contribution in [3.05, 3.63) is 95.3 Å². The molecule has 0 bridgehead atoms. The maximum absolute atomic E-state index is 12.0. The van der Waals surface area contributed by atoms with Crippen molar-refractivity contribution in [2.45, 2.75) is 0 Å². The second-order valence-corrected chi connectivity index (χ2v) is 8.58. The lowest BCUT2D eigenvalue weighted by Crippen LogP contribution is -2.30. The van der Waals surface area contributed by atoms with Gasteiger partial charge in [0, 0.05) is 10.8 Å². The third-order valence-electron chi connectivity index (χ3n) is 4.68. The smallest absolute Gasteiger partial charge is 0.349 e. The van der Waals surface area contributed by atoms with Crippen molar-refractivity contribution in [3.8, 4) is 28.4 Å². The minimum atomic E-state index is -0.753. The van der Waals surface area contributed by atoms with Crippen LogP contribution in [0.1, 0.15) is 0 Å². The zero-order valence-corrected chi connectivity index (χ0v) is 18.7. The summed E-state index contributed by atoms with van der Waals surface area (Å²) in [5.41, 5.74) is -0.402. The maximum Gasteiger partial charge on any atom is 0.349 e. The molecule has 0 fully saturated rings. The van der Waals surface area contributed by atoms with Crippen LogP contribution in [0, 0.1) is 0 Å². The zero-order chi connectivity index (χ0) is 23.1. The number of thiophene rings is 1. The van der Waals surface area contributed by atoms with Crippen LogP contribution in [-0.4, -0.2) is 25.0 Å². The highest BCUT2D eigenvalue weighted by atomic mass is 35.5. The van der Waals surface area contributed by atoms with E-state index in [9.17, 15) is 14.4 Å². The minimum Gasteiger partial charge on any atom is -0.434 e. The van der Waals surface area contributed by atoms with Gasteiger partial charge < -0.3 is 4.74 Å². The van der Waals surface area contributed by atoms with Crippen LogP contribution in [0.3, 0.4) is 0 Å². The number of aromatic amines is 2. The number of hydrogen-bond donors (Lipinski definition) is 2. The van der Waals surface area contributed by atoms with Crippen molar-refractivity contribution in [3.63, 3.8) is 0 Å². The fourth-order valence-corrected chi connectivity index (χ4v) is 4.53. The molecule has 9 nitrogen and oxygen atoms in total. The van der Waals surface area contributed by atoms with Crippen molar-refractivity contribution >= 4 is 44.6 Å². The summed E-state index contributed by atoms with van der Waals surface area (Å²) in [5.74, 6) is 0.150. The number of aromatic nitrogens is 5. The molecule has 0 saturated heterocycles. The van der Waals surface area contributed by atoms with Gasteiger partial charge in [-0.05, 0) is 46.7 Å². The van der Waals surface area contributed by atoms with Crippen molar-refractivity contribution in [2.75, 3.05) is 0 Å². The van der Waals surface area contributed by atoms with Gasteiger partial charge in [0.15, 0.2) is 5.75 Å². The first-order valence-electron chi connectivity index (χ1n) is 9.32. The number of ether oxygens (including phenoxy) is 1. The van der Waals surface area contributed by atoms with Gasteiger partial charge in [0.1, 0.15) is 6.20 Å². The zero-order valence-electron chi connectivity index (χ0n) is 16.3. The Balaban J connectivity index is 1.58. The van der Waals surface area contributed by atoms with Crippen LogP contribution in [0.5, 0.6) is 11.6 Å². The third kappa shape index (κ3) is 4.07. The molecule has 0 aliphatic carbocycles. The number of nitrogens with zero attached hydrogens (tertiary/aromatic N) is 3. The van der Waals surface area contributed by atoms with E-state index in [1.54, 1.807) is 11.3 Å². The standard InChI is InChI=1S/C21H11Cl2N5O4S/c22-14-6-12(28-21(31)25-18(30)9-24-28)7-15(23)19(14)32-20-13(8-17(29)26-27-20)10-1-2-16-11(5-10)3-4-33-16/h1-9H,(H,26,29)(H,25,30,31). The van der Waals surface area contributed by atoms with Crippen molar-refractivity contribution in [2.24, 2.45) is 0 Å².